The molecule has 5 nitrogen and oxygen atoms in total. The van der Waals surface area contributed by atoms with Crippen LogP contribution in [0.25, 0.3) is 0 Å². The van der Waals surface area contributed by atoms with Crippen LogP contribution in [0, 0.1) is 0 Å². The highest BCUT2D eigenvalue weighted by molar-refractivity contribution is 5.99. The summed E-state index contributed by atoms with van der Waals surface area (Å²) in [5.41, 5.74) is 0. The first kappa shape index (κ1) is 17.4. The van der Waals surface area contributed by atoms with Crippen molar-refractivity contribution in [2.45, 2.75) is 70.8 Å². The van der Waals surface area contributed by atoms with E-state index in [0.29, 0.717) is 0 Å². The summed E-state index contributed by atoms with van der Waals surface area (Å²) in [6, 6.07) is -0.377. The zero-order valence-electron chi connectivity index (χ0n) is 12.8. The lowest BCUT2D eigenvalue weighted by Crippen LogP contribution is -2.47. The Morgan fingerprint density at radius 1 is 1.14 bits per heavy atom. The first-order chi connectivity index (χ1) is 10.1. The maximum atomic E-state index is 11.7. The van der Waals surface area contributed by atoms with Crippen LogP contribution < -0.4 is 10.6 Å². The summed E-state index contributed by atoms with van der Waals surface area (Å²) in [5.74, 6) is -0.881. The van der Waals surface area contributed by atoms with Gasteiger partial charge in [0.15, 0.2) is 0 Å². The molecule has 0 bridgehead atoms. The van der Waals surface area contributed by atoms with Gasteiger partial charge in [0.05, 0.1) is 0 Å². The highest BCUT2D eigenvalue weighted by Gasteiger charge is 2.25. The molecule has 0 saturated carbocycles. The normalized spacial score (nSPS) is 16.2. The number of hydrogen-bond donors (Lipinski definition) is 2. The average Bonchev–Trinajstić information content (AvgIpc) is 2.40. The van der Waals surface area contributed by atoms with Crippen LogP contribution >= 0.6 is 0 Å². The minimum atomic E-state index is -0.377. The number of amides is 3. The molecule has 0 aromatic heterocycles. The lowest BCUT2D eigenvalue weighted by Gasteiger charge is -2.21. The number of imide groups is 1. The highest BCUT2D eigenvalue weighted by Crippen LogP contribution is 2.07. The van der Waals surface area contributed by atoms with Crippen molar-refractivity contribution in [2.24, 2.45) is 0 Å². The monoisotopic (exact) mass is 294 g/mol. The summed E-state index contributed by atoms with van der Waals surface area (Å²) in [7, 11) is 0. The molecule has 1 fully saturated rings. The van der Waals surface area contributed by atoms with E-state index >= 15 is 0 Å². The van der Waals surface area contributed by atoms with Gasteiger partial charge in [-0.1, -0.05) is 45.1 Å². The molecule has 0 spiro atoms. The number of carbonyl (C=O) groups is 3. The van der Waals surface area contributed by atoms with Gasteiger partial charge in [0, 0.05) is 18.9 Å². The maximum absolute atomic E-state index is 11.7. The Labute approximate surface area is 126 Å². The van der Waals surface area contributed by atoms with E-state index in [-0.39, 0.29) is 36.6 Å². The van der Waals surface area contributed by atoms with Gasteiger partial charge in [0.25, 0.3) is 0 Å². The third kappa shape index (κ3) is 8.27. The van der Waals surface area contributed by atoms with Crippen molar-refractivity contribution in [1.29, 1.82) is 0 Å². The van der Waals surface area contributed by atoms with Gasteiger partial charge >= 0.3 is 0 Å². The molecule has 1 heterocycles. The van der Waals surface area contributed by atoms with E-state index in [0.717, 1.165) is 12.8 Å². The van der Waals surface area contributed by atoms with Gasteiger partial charge in [0.2, 0.25) is 17.7 Å². The van der Waals surface area contributed by atoms with Crippen molar-refractivity contribution in [3.63, 3.8) is 0 Å². The van der Waals surface area contributed by atoms with Crippen LogP contribution in [-0.4, -0.2) is 23.8 Å². The fourth-order valence-corrected chi connectivity index (χ4v) is 2.36. The molecule has 0 atom stereocenters. The largest absolute Gasteiger partial charge is 0.349 e. The molecule has 0 radical (unpaired) electrons. The topological polar surface area (TPSA) is 75.3 Å². The van der Waals surface area contributed by atoms with Gasteiger partial charge in [-0.15, -0.1) is 0 Å². The van der Waals surface area contributed by atoms with Crippen molar-refractivity contribution < 1.29 is 14.4 Å². The number of rotatable bonds is 9. The second-order valence-corrected chi connectivity index (χ2v) is 5.54. The smallest absolute Gasteiger partial charge is 0.243 e. The third-order valence-electron chi connectivity index (χ3n) is 3.48. The van der Waals surface area contributed by atoms with Crippen LogP contribution in [0.3, 0.4) is 0 Å². The highest BCUT2D eigenvalue weighted by atomic mass is 16.2. The van der Waals surface area contributed by atoms with Crippen molar-refractivity contribution in [2.75, 3.05) is 0 Å². The van der Waals surface area contributed by atoms with Gasteiger partial charge < -0.3 is 5.32 Å². The van der Waals surface area contributed by atoms with E-state index in [2.05, 4.69) is 17.6 Å². The summed E-state index contributed by atoms with van der Waals surface area (Å²) in [5, 5.41) is 4.91. The Balaban J connectivity index is 2.11. The Morgan fingerprint density at radius 3 is 2.43 bits per heavy atom. The molecule has 0 aromatic carbocycles. The molecular weight excluding hydrogens is 268 g/mol. The molecule has 1 aliphatic heterocycles. The van der Waals surface area contributed by atoms with Crippen molar-refractivity contribution in [3.05, 3.63) is 12.2 Å². The summed E-state index contributed by atoms with van der Waals surface area (Å²) in [4.78, 5) is 34.0. The molecule has 3 amide bonds. The number of hydrogen-bond acceptors (Lipinski definition) is 3. The van der Waals surface area contributed by atoms with Gasteiger partial charge in [-0.3, -0.25) is 19.7 Å². The average molecular weight is 294 g/mol. The van der Waals surface area contributed by atoms with Crippen LogP contribution in [0.4, 0.5) is 0 Å². The van der Waals surface area contributed by atoms with Crippen LogP contribution in [-0.2, 0) is 14.4 Å². The lowest BCUT2D eigenvalue weighted by atomic mass is 10.1. The number of unbranched alkanes of at least 4 members (excludes halogenated alkanes) is 6. The Morgan fingerprint density at radius 2 is 1.76 bits per heavy atom. The van der Waals surface area contributed by atoms with E-state index in [1.165, 1.54) is 38.2 Å². The first-order valence-corrected chi connectivity index (χ1v) is 7.91. The number of piperidine rings is 1. The number of nitrogens with one attached hydrogen (secondary N) is 2. The number of carbonyl (C=O) groups excluding carboxylic acids is 3. The summed E-state index contributed by atoms with van der Waals surface area (Å²) in [6.07, 6.45) is 12.0. The van der Waals surface area contributed by atoms with Crippen molar-refractivity contribution >= 4 is 17.7 Å². The van der Waals surface area contributed by atoms with E-state index in [9.17, 15) is 14.4 Å². The lowest BCUT2D eigenvalue weighted by molar-refractivity contribution is -0.134. The van der Waals surface area contributed by atoms with Gasteiger partial charge in [-0.2, -0.15) is 0 Å². The molecule has 1 aliphatic rings. The summed E-state index contributed by atoms with van der Waals surface area (Å²) < 4.78 is 0. The fraction of sp³-hybridized carbons (Fsp3) is 0.688. The van der Waals surface area contributed by atoms with E-state index in [1.54, 1.807) is 0 Å². The quantitative estimate of drug-likeness (QED) is 0.389. The molecule has 0 aliphatic carbocycles. The molecule has 0 aromatic rings. The molecule has 2 N–H and O–H groups in total. The SMILES string of the molecule is CCCCCCCC/C=C/C(=O)NC1CC(=O)NC(=O)C1. The summed E-state index contributed by atoms with van der Waals surface area (Å²) >= 11 is 0. The van der Waals surface area contributed by atoms with E-state index in [4.69, 9.17) is 0 Å². The van der Waals surface area contributed by atoms with Crippen LogP contribution in [0.1, 0.15) is 64.7 Å². The van der Waals surface area contributed by atoms with Gasteiger partial charge in [-0.05, 0) is 18.9 Å². The molecule has 118 valence electrons. The maximum Gasteiger partial charge on any atom is 0.243 e. The predicted octanol–water partition coefficient (Wildman–Crippen LogP) is 2.21. The van der Waals surface area contributed by atoms with Gasteiger partial charge in [-0.25, -0.2) is 0 Å². The van der Waals surface area contributed by atoms with E-state index < -0.39 is 0 Å². The zero-order valence-corrected chi connectivity index (χ0v) is 12.8. The Kier molecular flexibility index (Phi) is 8.40. The molecule has 21 heavy (non-hydrogen) atoms. The zero-order chi connectivity index (χ0) is 15.5. The second-order valence-electron chi connectivity index (χ2n) is 5.54. The standard InChI is InChI=1S/C16H26N2O3/c1-2-3-4-5-6-7-8-9-10-14(19)17-13-11-15(20)18-16(21)12-13/h9-10,13H,2-8,11-12H2,1H3,(H,17,19)(H,18,20,21)/b10-9+. The minimum Gasteiger partial charge on any atom is -0.349 e. The fourth-order valence-electron chi connectivity index (χ4n) is 2.36. The minimum absolute atomic E-state index is 0.169. The van der Waals surface area contributed by atoms with Gasteiger partial charge in [0.1, 0.15) is 0 Å². The molecular formula is C16H26N2O3. The Hall–Kier alpha value is -1.65. The van der Waals surface area contributed by atoms with Crippen LogP contribution in [0.5, 0.6) is 0 Å². The summed E-state index contributed by atoms with van der Waals surface area (Å²) in [6.45, 7) is 2.20. The van der Waals surface area contributed by atoms with Crippen LogP contribution in [0.15, 0.2) is 12.2 Å². The van der Waals surface area contributed by atoms with E-state index in [1.807, 2.05) is 6.08 Å². The molecule has 1 saturated heterocycles. The Bertz CT molecular complexity index is 375. The predicted molar refractivity (Wildman–Crippen MR) is 81.4 cm³/mol. The van der Waals surface area contributed by atoms with Crippen molar-refractivity contribution in [3.8, 4) is 0 Å². The first-order valence-electron chi connectivity index (χ1n) is 7.91. The van der Waals surface area contributed by atoms with Crippen molar-refractivity contribution in [1.82, 2.24) is 10.6 Å². The molecule has 1 rings (SSSR count). The third-order valence-corrected chi connectivity index (χ3v) is 3.48. The molecule has 5 heteroatoms. The van der Waals surface area contributed by atoms with Crippen LogP contribution in [0.2, 0.25) is 0 Å². The number of allylic oxidation sites excluding steroid dienone is 1. The second kappa shape index (κ2) is 10.1. The molecule has 0 unspecified atom stereocenters.